The summed E-state index contributed by atoms with van der Waals surface area (Å²) >= 11 is 3.50. The van der Waals surface area contributed by atoms with Crippen molar-refractivity contribution in [3.63, 3.8) is 0 Å². The molecule has 0 unspecified atom stereocenters. The highest BCUT2D eigenvalue weighted by molar-refractivity contribution is 7.99. The average molecular weight is 395 g/mol. The predicted molar refractivity (Wildman–Crippen MR) is 108 cm³/mol. The van der Waals surface area contributed by atoms with Gasteiger partial charge in [0.1, 0.15) is 15.7 Å². The Morgan fingerprint density at radius 3 is 2.81 bits per heavy atom. The summed E-state index contributed by atoms with van der Waals surface area (Å²) in [5, 5.41) is 10.8. The van der Waals surface area contributed by atoms with Gasteiger partial charge in [-0.2, -0.15) is 0 Å². The zero-order valence-electron chi connectivity index (χ0n) is 15.1. The Hall–Kier alpha value is -2.25. The maximum absolute atomic E-state index is 5.94. The van der Waals surface area contributed by atoms with Crippen molar-refractivity contribution in [2.45, 2.75) is 43.4 Å². The first-order valence-corrected chi connectivity index (χ1v) is 10.7. The average Bonchev–Trinajstić information content (AvgIpc) is 3.37. The molecule has 3 heterocycles. The van der Waals surface area contributed by atoms with Crippen LogP contribution in [0, 0.1) is 6.92 Å². The standard InChI is InChI=1S/C20H18N4OS2/c1-11(17-23-24-18(25-17)13-7-4-3-5-8-13)26-19-16-14-9-6-10-15(14)27-20(16)22-12(2)21-19/h3-5,7-8,11H,6,9-10H2,1-2H3/t11-/m1/s1. The smallest absolute Gasteiger partial charge is 0.247 e. The first kappa shape index (κ1) is 16.9. The summed E-state index contributed by atoms with van der Waals surface area (Å²) < 4.78 is 5.94. The molecule has 0 fully saturated rings. The van der Waals surface area contributed by atoms with Crippen LogP contribution >= 0.6 is 23.1 Å². The molecule has 136 valence electrons. The lowest BCUT2D eigenvalue weighted by molar-refractivity contribution is 0.509. The number of thiophene rings is 1. The molecule has 5 nitrogen and oxygen atoms in total. The van der Waals surface area contributed by atoms with E-state index in [9.17, 15) is 0 Å². The summed E-state index contributed by atoms with van der Waals surface area (Å²) in [7, 11) is 0. The largest absolute Gasteiger partial charge is 0.419 e. The first-order chi connectivity index (χ1) is 13.2. The topological polar surface area (TPSA) is 64.7 Å². The third kappa shape index (κ3) is 3.04. The maximum atomic E-state index is 5.94. The van der Waals surface area contributed by atoms with Crippen molar-refractivity contribution in [1.29, 1.82) is 0 Å². The van der Waals surface area contributed by atoms with E-state index in [-0.39, 0.29) is 5.25 Å². The third-order valence-corrected chi connectivity index (χ3v) is 7.00. The molecule has 0 N–H and O–H groups in total. The number of thioether (sulfide) groups is 1. The van der Waals surface area contributed by atoms with Crippen LogP contribution in [-0.2, 0) is 12.8 Å². The van der Waals surface area contributed by atoms with Gasteiger partial charge in [0.25, 0.3) is 0 Å². The number of aryl methyl sites for hydroxylation is 3. The molecule has 1 aliphatic rings. The van der Waals surface area contributed by atoms with E-state index in [0.717, 1.165) is 27.7 Å². The molecule has 0 amide bonds. The van der Waals surface area contributed by atoms with Crippen LogP contribution < -0.4 is 0 Å². The van der Waals surface area contributed by atoms with Crippen LogP contribution in [0.4, 0.5) is 0 Å². The lowest BCUT2D eigenvalue weighted by Crippen LogP contribution is -1.95. The summed E-state index contributed by atoms with van der Waals surface area (Å²) in [4.78, 5) is 12.0. The lowest BCUT2D eigenvalue weighted by atomic mass is 10.2. The lowest BCUT2D eigenvalue weighted by Gasteiger charge is -2.09. The zero-order chi connectivity index (χ0) is 18.4. The fraction of sp³-hybridized carbons (Fsp3) is 0.300. The Labute approximate surface area is 165 Å². The predicted octanol–water partition coefficient (Wildman–Crippen LogP) is 5.39. The summed E-state index contributed by atoms with van der Waals surface area (Å²) in [6.45, 7) is 4.04. The summed E-state index contributed by atoms with van der Waals surface area (Å²) in [6.07, 6.45) is 3.52. The van der Waals surface area contributed by atoms with Gasteiger partial charge in [-0.1, -0.05) is 30.0 Å². The van der Waals surface area contributed by atoms with Crippen molar-refractivity contribution in [2.24, 2.45) is 0 Å². The highest BCUT2D eigenvalue weighted by atomic mass is 32.2. The van der Waals surface area contributed by atoms with Gasteiger partial charge in [0.15, 0.2) is 0 Å². The van der Waals surface area contributed by atoms with Gasteiger partial charge in [0.05, 0.1) is 5.25 Å². The molecule has 1 aromatic carbocycles. The molecule has 1 atom stereocenters. The third-order valence-electron chi connectivity index (χ3n) is 4.74. The molecule has 0 saturated heterocycles. The normalized spacial score (nSPS) is 14.6. The number of hydrogen-bond donors (Lipinski definition) is 0. The minimum absolute atomic E-state index is 0.0180. The van der Waals surface area contributed by atoms with Crippen molar-refractivity contribution in [2.75, 3.05) is 0 Å². The molecule has 0 bridgehead atoms. The van der Waals surface area contributed by atoms with Crippen LogP contribution in [0.15, 0.2) is 39.8 Å². The highest BCUT2D eigenvalue weighted by Crippen LogP contribution is 2.44. The molecule has 1 aliphatic carbocycles. The van der Waals surface area contributed by atoms with Crippen LogP contribution in [0.1, 0.15) is 40.8 Å². The first-order valence-electron chi connectivity index (χ1n) is 9.03. The van der Waals surface area contributed by atoms with E-state index in [2.05, 4.69) is 22.1 Å². The van der Waals surface area contributed by atoms with Gasteiger partial charge in [-0.25, -0.2) is 9.97 Å². The summed E-state index contributed by atoms with van der Waals surface area (Å²) in [5.41, 5.74) is 2.38. The molecular weight excluding hydrogens is 376 g/mol. The summed E-state index contributed by atoms with van der Waals surface area (Å²) in [6, 6.07) is 9.85. The van der Waals surface area contributed by atoms with Crippen LogP contribution in [0.25, 0.3) is 21.7 Å². The zero-order valence-corrected chi connectivity index (χ0v) is 16.7. The summed E-state index contributed by atoms with van der Waals surface area (Å²) in [5.74, 6) is 1.99. The molecule has 0 radical (unpaired) electrons. The second-order valence-electron chi connectivity index (χ2n) is 6.69. The van der Waals surface area contributed by atoms with E-state index in [1.54, 1.807) is 11.8 Å². The number of fused-ring (bicyclic) bond motifs is 3. The Kier molecular flexibility index (Phi) is 4.21. The molecule has 3 aromatic heterocycles. The van der Waals surface area contributed by atoms with Crippen molar-refractivity contribution in [3.05, 3.63) is 52.5 Å². The Morgan fingerprint density at radius 1 is 1.11 bits per heavy atom. The van der Waals surface area contributed by atoms with Crippen molar-refractivity contribution < 1.29 is 4.42 Å². The monoisotopic (exact) mass is 394 g/mol. The van der Waals surface area contributed by atoms with Crippen molar-refractivity contribution in [1.82, 2.24) is 20.2 Å². The second-order valence-corrected chi connectivity index (χ2v) is 9.10. The molecular formula is C20H18N4OS2. The van der Waals surface area contributed by atoms with Gasteiger partial charge < -0.3 is 4.42 Å². The Morgan fingerprint density at radius 2 is 1.96 bits per heavy atom. The highest BCUT2D eigenvalue weighted by Gasteiger charge is 2.24. The van der Waals surface area contributed by atoms with E-state index >= 15 is 0 Å². The van der Waals surface area contributed by atoms with Crippen LogP contribution in [0.3, 0.4) is 0 Å². The molecule has 0 aliphatic heterocycles. The SMILES string of the molecule is Cc1nc(S[C@H](C)c2nnc(-c3ccccc3)o2)c2c3c(sc2n1)CCC3. The molecule has 27 heavy (non-hydrogen) atoms. The van der Waals surface area contributed by atoms with Gasteiger partial charge >= 0.3 is 0 Å². The van der Waals surface area contributed by atoms with Crippen molar-refractivity contribution >= 4 is 33.3 Å². The van der Waals surface area contributed by atoms with Gasteiger partial charge in [0, 0.05) is 15.8 Å². The maximum Gasteiger partial charge on any atom is 0.247 e. The van der Waals surface area contributed by atoms with E-state index < -0.39 is 0 Å². The van der Waals surface area contributed by atoms with Crippen molar-refractivity contribution in [3.8, 4) is 11.5 Å². The minimum Gasteiger partial charge on any atom is -0.419 e. The quantitative estimate of drug-likeness (QED) is 0.341. The van der Waals surface area contributed by atoms with Gasteiger partial charge in [0.2, 0.25) is 11.8 Å². The number of nitrogens with zero attached hydrogens (tertiary/aromatic N) is 4. The Balaban J connectivity index is 1.48. The van der Waals surface area contributed by atoms with Gasteiger partial charge in [-0.15, -0.1) is 21.5 Å². The van der Waals surface area contributed by atoms with E-state index in [1.807, 2.05) is 48.6 Å². The molecule has 7 heteroatoms. The fourth-order valence-electron chi connectivity index (χ4n) is 3.46. The number of benzene rings is 1. The minimum atomic E-state index is 0.0180. The van der Waals surface area contributed by atoms with Gasteiger partial charge in [-0.3, -0.25) is 0 Å². The van der Waals surface area contributed by atoms with Crippen LogP contribution in [0.2, 0.25) is 0 Å². The molecule has 5 rings (SSSR count). The van der Waals surface area contributed by atoms with E-state index in [0.29, 0.717) is 11.8 Å². The van der Waals surface area contributed by atoms with Gasteiger partial charge in [-0.05, 0) is 50.8 Å². The number of aromatic nitrogens is 4. The Bertz CT molecular complexity index is 1120. The van der Waals surface area contributed by atoms with Crippen LogP contribution in [0.5, 0.6) is 0 Å². The molecule has 0 saturated carbocycles. The van der Waals surface area contributed by atoms with E-state index in [1.165, 1.54) is 28.7 Å². The number of rotatable bonds is 4. The fourth-order valence-corrected chi connectivity index (χ4v) is 5.89. The van der Waals surface area contributed by atoms with E-state index in [4.69, 9.17) is 9.40 Å². The second kappa shape index (κ2) is 6.73. The molecule has 0 spiro atoms. The number of hydrogen-bond acceptors (Lipinski definition) is 7. The van der Waals surface area contributed by atoms with Crippen LogP contribution in [-0.4, -0.2) is 20.2 Å². The molecule has 4 aromatic rings.